The molecular weight excluding hydrogens is 415 g/mol. The Labute approximate surface area is 172 Å². The SMILES string of the molecule is O=C(c1ccc(NS(=O)(=O)c2ccc(F)c(Cl)c2)cc1)N1CCc2ccccc21. The molecule has 0 saturated carbocycles. The lowest BCUT2D eigenvalue weighted by Crippen LogP contribution is -2.28. The lowest BCUT2D eigenvalue weighted by Gasteiger charge is -2.17. The van der Waals surface area contributed by atoms with E-state index in [2.05, 4.69) is 4.72 Å². The van der Waals surface area contributed by atoms with Crippen LogP contribution in [0.4, 0.5) is 15.8 Å². The van der Waals surface area contributed by atoms with Crippen molar-refractivity contribution < 1.29 is 17.6 Å². The van der Waals surface area contributed by atoms with Gasteiger partial charge in [0.25, 0.3) is 15.9 Å². The Balaban J connectivity index is 1.52. The van der Waals surface area contributed by atoms with Crippen molar-refractivity contribution in [3.8, 4) is 0 Å². The Morgan fingerprint density at radius 1 is 1.03 bits per heavy atom. The number of fused-ring (bicyclic) bond motifs is 1. The van der Waals surface area contributed by atoms with Crippen LogP contribution in [0, 0.1) is 5.82 Å². The number of carbonyl (C=O) groups excluding carboxylic acids is 1. The standard InChI is InChI=1S/C21H16ClFN2O3S/c22-18-13-17(9-10-19(18)23)29(27,28)24-16-7-5-15(6-8-16)21(26)25-12-11-14-3-1-2-4-20(14)25/h1-10,13,24H,11-12H2. The van der Waals surface area contributed by atoms with E-state index in [0.717, 1.165) is 35.9 Å². The molecule has 1 aliphatic rings. The molecule has 3 aromatic carbocycles. The van der Waals surface area contributed by atoms with Crippen molar-refractivity contribution in [1.29, 1.82) is 0 Å². The molecular formula is C21H16ClFN2O3S. The third-order valence-electron chi connectivity index (χ3n) is 4.72. The van der Waals surface area contributed by atoms with Gasteiger partial charge < -0.3 is 4.90 Å². The quantitative estimate of drug-likeness (QED) is 0.663. The number of hydrogen-bond acceptors (Lipinski definition) is 3. The summed E-state index contributed by atoms with van der Waals surface area (Å²) in [6, 6.07) is 17.1. The first kappa shape index (κ1) is 19.4. The summed E-state index contributed by atoms with van der Waals surface area (Å²) in [7, 11) is -3.94. The number of amides is 1. The number of hydrogen-bond donors (Lipinski definition) is 1. The molecule has 0 aromatic heterocycles. The molecule has 0 spiro atoms. The van der Waals surface area contributed by atoms with Crippen molar-refractivity contribution in [1.82, 2.24) is 0 Å². The van der Waals surface area contributed by atoms with Crippen LogP contribution >= 0.6 is 11.6 Å². The van der Waals surface area contributed by atoms with Crippen molar-refractivity contribution in [3.63, 3.8) is 0 Å². The number of halogens is 2. The molecule has 0 bridgehead atoms. The summed E-state index contributed by atoms with van der Waals surface area (Å²) >= 11 is 5.67. The summed E-state index contributed by atoms with van der Waals surface area (Å²) < 4.78 is 40.6. The minimum atomic E-state index is -3.94. The fraction of sp³-hybridized carbons (Fsp3) is 0.0952. The molecule has 0 radical (unpaired) electrons. The first-order valence-corrected chi connectivity index (χ1v) is 10.7. The number of benzene rings is 3. The highest BCUT2D eigenvalue weighted by atomic mass is 35.5. The van der Waals surface area contributed by atoms with Gasteiger partial charge in [0.2, 0.25) is 0 Å². The predicted molar refractivity (Wildman–Crippen MR) is 110 cm³/mol. The lowest BCUT2D eigenvalue weighted by molar-refractivity contribution is 0.0989. The summed E-state index contributed by atoms with van der Waals surface area (Å²) in [5, 5.41) is -0.278. The molecule has 1 N–H and O–H groups in total. The van der Waals surface area contributed by atoms with E-state index in [9.17, 15) is 17.6 Å². The van der Waals surface area contributed by atoms with E-state index >= 15 is 0 Å². The van der Waals surface area contributed by atoms with Crippen molar-refractivity contribution in [2.75, 3.05) is 16.2 Å². The second-order valence-electron chi connectivity index (χ2n) is 6.59. The summed E-state index contributed by atoms with van der Waals surface area (Å²) in [4.78, 5) is 14.4. The number of anilines is 2. The lowest BCUT2D eigenvalue weighted by atomic mass is 10.1. The topological polar surface area (TPSA) is 66.5 Å². The van der Waals surface area contributed by atoms with Gasteiger partial charge in [0.1, 0.15) is 5.82 Å². The van der Waals surface area contributed by atoms with E-state index < -0.39 is 15.8 Å². The van der Waals surface area contributed by atoms with Crippen molar-refractivity contribution in [2.45, 2.75) is 11.3 Å². The fourth-order valence-electron chi connectivity index (χ4n) is 3.24. The molecule has 8 heteroatoms. The van der Waals surface area contributed by atoms with Crippen molar-refractivity contribution >= 4 is 38.9 Å². The predicted octanol–water partition coefficient (Wildman–Crippen LogP) is 4.48. The molecule has 0 fully saturated rings. The monoisotopic (exact) mass is 430 g/mol. The maximum atomic E-state index is 13.3. The molecule has 0 unspecified atom stereocenters. The number of rotatable bonds is 4. The zero-order valence-corrected chi connectivity index (χ0v) is 16.7. The van der Waals surface area contributed by atoms with Gasteiger partial charge >= 0.3 is 0 Å². The van der Waals surface area contributed by atoms with Crippen LogP contribution in [-0.4, -0.2) is 20.9 Å². The van der Waals surface area contributed by atoms with Crippen LogP contribution in [0.1, 0.15) is 15.9 Å². The van der Waals surface area contributed by atoms with E-state index in [0.29, 0.717) is 12.1 Å². The summed E-state index contributed by atoms with van der Waals surface area (Å²) in [6.45, 7) is 0.609. The molecule has 4 rings (SSSR count). The fourth-order valence-corrected chi connectivity index (χ4v) is 4.57. The van der Waals surface area contributed by atoms with E-state index in [4.69, 9.17) is 11.6 Å². The third-order valence-corrected chi connectivity index (χ3v) is 6.39. The first-order valence-electron chi connectivity index (χ1n) is 8.83. The second kappa shape index (κ2) is 7.50. The van der Waals surface area contributed by atoms with E-state index in [1.165, 1.54) is 12.1 Å². The molecule has 1 amide bonds. The van der Waals surface area contributed by atoms with Gasteiger partial charge in [0.05, 0.1) is 9.92 Å². The van der Waals surface area contributed by atoms with Gasteiger partial charge in [0, 0.05) is 23.5 Å². The second-order valence-corrected chi connectivity index (χ2v) is 8.68. The van der Waals surface area contributed by atoms with Gasteiger partial charge in [-0.25, -0.2) is 12.8 Å². The molecule has 29 heavy (non-hydrogen) atoms. The molecule has 1 aliphatic heterocycles. The molecule has 0 atom stereocenters. The minimum absolute atomic E-state index is 0.144. The molecule has 0 saturated heterocycles. The van der Waals surface area contributed by atoms with Crippen LogP contribution in [0.15, 0.2) is 71.6 Å². The van der Waals surface area contributed by atoms with Crippen LogP contribution in [-0.2, 0) is 16.4 Å². The van der Waals surface area contributed by atoms with Gasteiger partial charge in [0.15, 0.2) is 0 Å². The number of nitrogens with zero attached hydrogens (tertiary/aromatic N) is 1. The van der Waals surface area contributed by atoms with E-state index in [-0.39, 0.29) is 21.5 Å². The highest BCUT2D eigenvalue weighted by molar-refractivity contribution is 7.92. The molecule has 0 aliphatic carbocycles. The largest absolute Gasteiger partial charge is 0.308 e. The smallest absolute Gasteiger partial charge is 0.261 e. The Kier molecular flexibility index (Phi) is 5.02. The zero-order valence-electron chi connectivity index (χ0n) is 15.1. The molecule has 3 aromatic rings. The van der Waals surface area contributed by atoms with Crippen LogP contribution in [0.2, 0.25) is 5.02 Å². The van der Waals surface area contributed by atoms with Crippen LogP contribution in [0.3, 0.4) is 0 Å². The third kappa shape index (κ3) is 3.83. The Bertz CT molecular complexity index is 1200. The van der Waals surface area contributed by atoms with Gasteiger partial charge in [-0.3, -0.25) is 9.52 Å². The van der Waals surface area contributed by atoms with Gasteiger partial charge in [-0.15, -0.1) is 0 Å². The summed E-state index contributed by atoms with van der Waals surface area (Å²) in [6.07, 6.45) is 0.806. The molecule has 5 nitrogen and oxygen atoms in total. The number of sulfonamides is 1. The van der Waals surface area contributed by atoms with Gasteiger partial charge in [-0.05, 0) is 60.5 Å². The van der Waals surface area contributed by atoms with Gasteiger partial charge in [-0.2, -0.15) is 0 Å². The van der Waals surface area contributed by atoms with E-state index in [1.807, 2.05) is 24.3 Å². The molecule has 1 heterocycles. The van der Waals surface area contributed by atoms with Gasteiger partial charge in [-0.1, -0.05) is 29.8 Å². The Hall–Kier alpha value is -2.90. The van der Waals surface area contributed by atoms with Crippen molar-refractivity contribution in [3.05, 3.63) is 88.7 Å². The Morgan fingerprint density at radius 2 is 1.76 bits per heavy atom. The average Bonchev–Trinajstić information content (AvgIpc) is 3.14. The summed E-state index contributed by atoms with van der Waals surface area (Å²) in [5.41, 5.74) is 2.76. The normalized spacial score (nSPS) is 13.2. The minimum Gasteiger partial charge on any atom is -0.308 e. The van der Waals surface area contributed by atoms with Crippen LogP contribution < -0.4 is 9.62 Å². The highest BCUT2D eigenvalue weighted by Gasteiger charge is 2.25. The summed E-state index contributed by atoms with van der Waals surface area (Å²) in [5.74, 6) is -0.841. The first-order chi connectivity index (χ1) is 13.8. The van der Waals surface area contributed by atoms with E-state index in [1.54, 1.807) is 17.0 Å². The molecule has 148 valence electrons. The number of carbonyl (C=O) groups is 1. The van der Waals surface area contributed by atoms with Crippen LogP contribution in [0.25, 0.3) is 0 Å². The maximum absolute atomic E-state index is 13.3. The maximum Gasteiger partial charge on any atom is 0.261 e. The number of nitrogens with one attached hydrogen (secondary N) is 1. The Morgan fingerprint density at radius 3 is 2.48 bits per heavy atom. The zero-order chi connectivity index (χ0) is 20.6. The highest BCUT2D eigenvalue weighted by Crippen LogP contribution is 2.29. The van der Waals surface area contributed by atoms with Crippen molar-refractivity contribution in [2.24, 2.45) is 0 Å². The number of para-hydroxylation sites is 1. The van der Waals surface area contributed by atoms with Crippen LogP contribution in [0.5, 0.6) is 0 Å². The average molecular weight is 431 g/mol.